The minimum Gasteiger partial charge on any atom is -0.493 e. The maximum atomic E-state index is 13.0. The summed E-state index contributed by atoms with van der Waals surface area (Å²) in [6.45, 7) is 0. The number of aromatic nitrogens is 2. The van der Waals surface area contributed by atoms with Crippen LogP contribution >= 0.6 is 0 Å². The molecular formula is C17H11F3N2O3. The molecule has 8 heteroatoms. The van der Waals surface area contributed by atoms with Crippen LogP contribution in [-0.2, 0) is 6.18 Å². The van der Waals surface area contributed by atoms with Crippen LogP contribution in [0.1, 0.15) is 16.2 Å². The fourth-order valence-electron chi connectivity index (χ4n) is 2.20. The molecule has 0 fully saturated rings. The molecule has 0 saturated carbocycles. The summed E-state index contributed by atoms with van der Waals surface area (Å²) in [6, 6.07) is 10.5. The highest BCUT2D eigenvalue weighted by Crippen LogP contribution is 2.36. The molecule has 128 valence electrons. The van der Waals surface area contributed by atoms with Crippen LogP contribution in [0, 0.1) is 0 Å². The Bertz CT molecular complexity index is 942. The topological polar surface area (TPSA) is 61.3 Å². The number of carbonyl (C=O) groups excluding carboxylic acids is 1. The van der Waals surface area contributed by atoms with Crippen molar-refractivity contribution in [2.45, 2.75) is 6.18 Å². The van der Waals surface area contributed by atoms with Gasteiger partial charge in [0.1, 0.15) is 6.29 Å². The Kier molecular flexibility index (Phi) is 4.26. The third kappa shape index (κ3) is 3.37. The van der Waals surface area contributed by atoms with E-state index in [1.807, 2.05) is 0 Å². The molecular weight excluding hydrogens is 337 g/mol. The Labute approximate surface area is 140 Å². The van der Waals surface area contributed by atoms with E-state index in [1.165, 1.54) is 31.4 Å². The van der Waals surface area contributed by atoms with Gasteiger partial charge < -0.3 is 9.47 Å². The third-order valence-corrected chi connectivity index (χ3v) is 3.35. The Hall–Kier alpha value is -3.16. The van der Waals surface area contributed by atoms with Crippen LogP contribution < -0.4 is 9.47 Å². The van der Waals surface area contributed by atoms with Crippen molar-refractivity contribution in [1.82, 2.24) is 9.97 Å². The average molecular weight is 348 g/mol. The molecule has 0 bridgehead atoms. The molecule has 3 rings (SSSR count). The first kappa shape index (κ1) is 16.7. The Balaban J connectivity index is 2.14. The predicted molar refractivity (Wildman–Crippen MR) is 83.0 cm³/mol. The fourth-order valence-corrected chi connectivity index (χ4v) is 2.20. The van der Waals surface area contributed by atoms with E-state index in [4.69, 9.17) is 9.47 Å². The number of aldehydes is 1. The number of fused-ring (bicyclic) bond motifs is 1. The standard InChI is InChI=1S/C17H11F3N2O3/c1-24-14-8-10(9-23)6-7-13(14)25-15-11-4-2-3-5-12(11)21-16(22-15)17(18,19)20/h2-9H,1H3. The zero-order chi connectivity index (χ0) is 18.0. The van der Waals surface area contributed by atoms with Gasteiger partial charge in [0, 0.05) is 5.56 Å². The monoisotopic (exact) mass is 348 g/mol. The minimum absolute atomic E-state index is 0.100. The molecule has 0 N–H and O–H groups in total. The molecule has 0 aliphatic rings. The molecule has 0 spiro atoms. The van der Waals surface area contributed by atoms with Crippen molar-refractivity contribution < 1.29 is 27.4 Å². The van der Waals surface area contributed by atoms with E-state index in [1.54, 1.807) is 18.2 Å². The van der Waals surface area contributed by atoms with Gasteiger partial charge in [-0.1, -0.05) is 12.1 Å². The van der Waals surface area contributed by atoms with E-state index in [-0.39, 0.29) is 22.9 Å². The van der Waals surface area contributed by atoms with Crippen molar-refractivity contribution in [3.63, 3.8) is 0 Å². The quantitative estimate of drug-likeness (QED) is 0.659. The van der Waals surface area contributed by atoms with Crippen molar-refractivity contribution >= 4 is 17.2 Å². The first-order chi connectivity index (χ1) is 11.9. The van der Waals surface area contributed by atoms with Gasteiger partial charge in [-0.3, -0.25) is 4.79 Å². The summed E-state index contributed by atoms with van der Waals surface area (Å²) >= 11 is 0. The van der Waals surface area contributed by atoms with Gasteiger partial charge in [-0.15, -0.1) is 0 Å². The van der Waals surface area contributed by atoms with Gasteiger partial charge >= 0.3 is 6.18 Å². The summed E-state index contributed by atoms with van der Waals surface area (Å²) in [5, 5.41) is 0.317. The molecule has 25 heavy (non-hydrogen) atoms. The lowest BCUT2D eigenvalue weighted by Crippen LogP contribution is -2.12. The summed E-state index contributed by atoms with van der Waals surface area (Å²) < 4.78 is 49.8. The van der Waals surface area contributed by atoms with E-state index < -0.39 is 12.0 Å². The number of carbonyl (C=O) groups is 1. The fraction of sp³-hybridized carbons (Fsp3) is 0.118. The maximum absolute atomic E-state index is 13.0. The lowest BCUT2D eigenvalue weighted by molar-refractivity contribution is -0.144. The van der Waals surface area contributed by atoms with Gasteiger partial charge in [-0.25, -0.2) is 4.98 Å². The molecule has 3 aromatic rings. The minimum atomic E-state index is -4.71. The van der Waals surface area contributed by atoms with Gasteiger partial charge in [-0.2, -0.15) is 18.2 Å². The SMILES string of the molecule is COc1cc(C=O)ccc1Oc1nc(C(F)(F)F)nc2ccccc12. The second kappa shape index (κ2) is 6.39. The summed E-state index contributed by atoms with van der Waals surface area (Å²) in [7, 11) is 1.36. The van der Waals surface area contributed by atoms with Crippen molar-refractivity contribution in [3.05, 3.63) is 53.9 Å². The number of alkyl halides is 3. The van der Waals surface area contributed by atoms with Gasteiger partial charge in [0.2, 0.25) is 11.7 Å². The zero-order valence-corrected chi connectivity index (χ0v) is 12.9. The lowest BCUT2D eigenvalue weighted by atomic mass is 10.2. The number of hydrogen-bond donors (Lipinski definition) is 0. The first-order valence-electron chi connectivity index (χ1n) is 7.07. The molecule has 1 aromatic heterocycles. The number of rotatable bonds is 4. The molecule has 1 heterocycles. The Morgan fingerprint density at radius 3 is 2.48 bits per heavy atom. The number of methoxy groups -OCH3 is 1. The largest absolute Gasteiger partial charge is 0.493 e. The molecule has 0 atom stereocenters. The maximum Gasteiger partial charge on any atom is 0.451 e. The molecule has 0 aliphatic heterocycles. The number of ether oxygens (including phenoxy) is 2. The Morgan fingerprint density at radius 1 is 1.04 bits per heavy atom. The lowest BCUT2D eigenvalue weighted by Gasteiger charge is -2.13. The van der Waals surface area contributed by atoms with E-state index in [0.717, 1.165) is 0 Å². The first-order valence-corrected chi connectivity index (χ1v) is 7.07. The van der Waals surface area contributed by atoms with Crippen molar-refractivity contribution in [2.75, 3.05) is 7.11 Å². The van der Waals surface area contributed by atoms with Crippen molar-refractivity contribution in [3.8, 4) is 17.4 Å². The van der Waals surface area contributed by atoms with Crippen molar-refractivity contribution in [1.29, 1.82) is 0 Å². The molecule has 0 radical (unpaired) electrons. The van der Waals surface area contributed by atoms with Gasteiger partial charge in [-0.05, 0) is 30.3 Å². The highest BCUT2D eigenvalue weighted by molar-refractivity contribution is 5.84. The van der Waals surface area contributed by atoms with Crippen LogP contribution in [-0.4, -0.2) is 23.4 Å². The molecule has 0 amide bonds. The van der Waals surface area contributed by atoms with Crippen LogP contribution in [0.5, 0.6) is 17.4 Å². The average Bonchev–Trinajstić information content (AvgIpc) is 2.61. The highest BCUT2D eigenvalue weighted by Gasteiger charge is 2.36. The number of hydrogen-bond acceptors (Lipinski definition) is 5. The summed E-state index contributed by atoms with van der Waals surface area (Å²) in [5.41, 5.74) is 0.441. The Morgan fingerprint density at radius 2 is 1.80 bits per heavy atom. The van der Waals surface area contributed by atoms with E-state index in [9.17, 15) is 18.0 Å². The van der Waals surface area contributed by atoms with Crippen molar-refractivity contribution in [2.24, 2.45) is 0 Å². The number of benzene rings is 2. The van der Waals surface area contributed by atoms with Gasteiger partial charge in [0.15, 0.2) is 11.5 Å². The van der Waals surface area contributed by atoms with Gasteiger partial charge in [0.05, 0.1) is 18.0 Å². The van der Waals surface area contributed by atoms with Crippen LogP contribution in [0.3, 0.4) is 0 Å². The van der Waals surface area contributed by atoms with Crippen LogP contribution in [0.25, 0.3) is 10.9 Å². The second-order valence-electron chi connectivity index (χ2n) is 5.00. The smallest absolute Gasteiger partial charge is 0.451 e. The number of halogens is 3. The van der Waals surface area contributed by atoms with E-state index >= 15 is 0 Å². The van der Waals surface area contributed by atoms with E-state index in [0.29, 0.717) is 17.2 Å². The summed E-state index contributed by atoms with van der Waals surface area (Å²) in [5.74, 6) is -1.23. The number of para-hydroxylation sites is 1. The third-order valence-electron chi connectivity index (χ3n) is 3.35. The second-order valence-corrected chi connectivity index (χ2v) is 5.00. The molecule has 2 aromatic carbocycles. The zero-order valence-electron chi connectivity index (χ0n) is 12.9. The summed E-state index contributed by atoms with van der Waals surface area (Å²) in [4.78, 5) is 17.9. The normalized spacial score (nSPS) is 11.4. The van der Waals surface area contributed by atoms with Gasteiger partial charge in [0.25, 0.3) is 0 Å². The predicted octanol–water partition coefficient (Wildman–Crippen LogP) is 4.26. The van der Waals surface area contributed by atoms with Crippen LogP contribution in [0.2, 0.25) is 0 Å². The van der Waals surface area contributed by atoms with Crippen LogP contribution in [0.15, 0.2) is 42.5 Å². The molecule has 5 nitrogen and oxygen atoms in total. The number of nitrogens with zero attached hydrogens (tertiary/aromatic N) is 2. The highest BCUT2D eigenvalue weighted by atomic mass is 19.4. The van der Waals surface area contributed by atoms with Crippen LogP contribution in [0.4, 0.5) is 13.2 Å². The summed E-state index contributed by atoms with van der Waals surface area (Å²) in [6.07, 6.45) is -4.10. The van der Waals surface area contributed by atoms with E-state index in [2.05, 4.69) is 9.97 Å². The molecule has 0 saturated heterocycles. The molecule has 0 aliphatic carbocycles. The molecule has 0 unspecified atom stereocenters.